The summed E-state index contributed by atoms with van der Waals surface area (Å²) in [6, 6.07) is 5.95. The molecular formula is C11H14BrN3O. The van der Waals surface area contributed by atoms with Crippen LogP contribution in [0.4, 0.5) is 0 Å². The largest absolute Gasteiger partial charge is 0.377 e. The van der Waals surface area contributed by atoms with E-state index in [0.717, 1.165) is 15.5 Å². The van der Waals surface area contributed by atoms with Crippen LogP contribution >= 0.6 is 15.9 Å². The summed E-state index contributed by atoms with van der Waals surface area (Å²) < 4.78 is 8.26. The summed E-state index contributed by atoms with van der Waals surface area (Å²) in [4.78, 5) is 0. The lowest BCUT2D eigenvalue weighted by atomic mass is 10.1. The minimum Gasteiger partial charge on any atom is -0.377 e. The maximum absolute atomic E-state index is 5.39. The van der Waals surface area contributed by atoms with Crippen LogP contribution in [0.5, 0.6) is 0 Å². The first-order valence-corrected chi connectivity index (χ1v) is 5.85. The van der Waals surface area contributed by atoms with Gasteiger partial charge in [0.1, 0.15) is 5.52 Å². The van der Waals surface area contributed by atoms with Gasteiger partial charge < -0.3 is 4.74 Å². The predicted octanol–water partition coefficient (Wildman–Crippen LogP) is 2.62. The fourth-order valence-corrected chi connectivity index (χ4v) is 1.84. The lowest BCUT2D eigenvalue weighted by Crippen LogP contribution is -2.29. The van der Waals surface area contributed by atoms with Crippen molar-refractivity contribution in [3.8, 4) is 0 Å². The number of fused-ring (bicyclic) bond motifs is 1. The Kier molecular flexibility index (Phi) is 2.99. The highest BCUT2D eigenvalue weighted by Crippen LogP contribution is 2.19. The van der Waals surface area contributed by atoms with Crippen molar-refractivity contribution in [2.75, 3.05) is 7.11 Å². The van der Waals surface area contributed by atoms with Crippen LogP contribution in [0.2, 0.25) is 0 Å². The molecule has 0 radical (unpaired) electrons. The number of benzene rings is 1. The van der Waals surface area contributed by atoms with Crippen molar-refractivity contribution >= 4 is 27.0 Å². The average molecular weight is 284 g/mol. The van der Waals surface area contributed by atoms with Gasteiger partial charge >= 0.3 is 0 Å². The van der Waals surface area contributed by atoms with Gasteiger partial charge in [-0.05, 0) is 32.0 Å². The number of hydrogen-bond acceptors (Lipinski definition) is 3. The zero-order valence-corrected chi connectivity index (χ0v) is 11.2. The van der Waals surface area contributed by atoms with Crippen molar-refractivity contribution < 1.29 is 4.74 Å². The van der Waals surface area contributed by atoms with Crippen molar-refractivity contribution in [1.29, 1.82) is 0 Å². The van der Waals surface area contributed by atoms with Crippen molar-refractivity contribution in [3.63, 3.8) is 0 Å². The van der Waals surface area contributed by atoms with Gasteiger partial charge in [0.25, 0.3) is 0 Å². The van der Waals surface area contributed by atoms with Gasteiger partial charge in [-0.1, -0.05) is 21.1 Å². The molecule has 4 nitrogen and oxygen atoms in total. The molecule has 0 N–H and O–H groups in total. The van der Waals surface area contributed by atoms with E-state index >= 15 is 0 Å². The first kappa shape index (κ1) is 11.5. The van der Waals surface area contributed by atoms with Crippen LogP contribution in [0.1, 0.15) is 13.8 Å². The Balaban J connectivity index is 2.39. The third-order valence-electron chi connectivity index (χ3n) is 2.56. The van der Waals surface area contributed by atoms with Gasteiger partial charge in [-0.2, -0.15) is 0 Å². The third-order valence-corrected chi connectivity index (χ3v) is 3.05. The molecular weight excluding hydrogens is 270 g/mol. The number of hydrogen-bond donors (Lipinski definition) is 0. The van der Waals surface area contributed by atoms with E-state index in [1.54, 1.807) is 7.11 Å². The molecule has 0 atom stereocenters. The third kappa shape index (κ3) is 2.25. The van der Waals surface area contributed by atoms with Crippen LogP contribution in [0.15, 0.2) is 22.7 Å². The summed E-state index contributed by atoms with van der Waals surface area (Å²) >= 11 is 3.42. The summed E-state index contributed by atoms with van der Waals surface area (Å²) in [6.07, 6.45) is 0. The Bertz CT molecular complexity index is 507. The zero-order chi connectivity index (χ0) is 11.8. The Hall–Kier alpha value is -0.940. The first-order valence-electron chi connectivity index (χ1n) is 5.06. The van der Waals surface area contributed by atoms with Gasteiger partial charge in [0, 0.05) is 11.6 Å². The number of aromatic nitrogens is 3. The van der Waals surface area contributed by atoms with Crippen LogP contribution in [-0.4, -0.2) is 27.7 Å². The molecule has 2 rings (SSSR count). The molecule has 2 aromatic rings. The SMILES string of the molecule is COC(C)(C)Cn1nnc2cc(Br)ccc21. The second-order valence-corrected chi connectivity index (χ2v) is 5.26. The zero-order valence-electron chi connectivity index (χ0n) is 9.57. The maximum Gasteiger partial charge on any atom is 0.114 e. The molecule has 1 heterocycles. The van der Waals surface area contributed by atoms with Crippen LogP contribution in [0.25, 0.3) is 11.0 Å². The predicted molar refractivity (Wildman–Crippen MR) is 66.3 cm³/mol. The summed E-state index contributed by atoms with van der Waals surface area (Å²) in [6.45, 7) is 4.74. The summed E-state index contributed by atoms with van der Waals surface area (Å²) in [5.74, 6) is 0. The van der Waals surface area contributed by atoms with Crippen molar-refractivity contribution in [1.82, 2.24) is 15.0 Å². The highest BCUT2D eigenvalue weighted by molar-refractivity contribution is 9.10. The average Bonchev–Trinajstić information content (AvgIpc) is 2.60. The Morgan fingerprint density at radius 2 is 2.19 bits per heavy atom. The van der Waals surface area contributed by atoms with Crippen LogP contribution < -0.4 is 0 Å². The van der Waals surface area contributed by atoms with E-state index in [0.29, 0.717) is 6.54 Å². The summed E-state index contributed by atoms with van der Waals surface area (Å²) in [5, 5.41) is 8.26. The van der Waals surface area contributed by atoms with E-state index in [1.807, 2.05) is 36.7 Å². The second-order valence-electron chi connectivity index (χ2n) is 4.34. The molecule has 0 aliphatic carbocycles. The molecule has 0 saturated carbocycles. The minimum absolute atomic E-state index is 0.242. The monoisotopic (exact) mass is 283 g/mol. The van der Waals surface area contributed by atoms with Crippen molar-refractivity contribution in [3.05, 3.63) is 22.7 Å². The number of halogens is 1. The van der Waals surface area contributed by atoms with E-state index in [9.17, 15) is 0 Å². The van der Waals surface area contributed by atoms with Gasteiger partial charge in [0.15, 0.2) is 0 Å². The van der Waals surface area contributed by atoms with E-state index in [4.69, 9.17) is 4.74 Å². The van der Waals surface area contributed by atoms with Crippen LogP contribution in [0.3, 0.4) is 0 Å². The Labute approximate surface area is 103 Å². The van der Waals surface area contributed by atoms with Gasteiger partial charge in [0.2, 0.25) is 0 Å². The Morgan fingerprint density at radius 1 is 1.44 bits per heavy atom. The van der Waals surface area contributed by atoms with E-state index in [2.05, 4.69) is 26.2 Å². The highest BCUT2D eigenvalue weighted by atomic mass is 79.9. The molecule has 0 bridgehead atoms. The fraction of sp³-hybridized carbons (Fsp3) is 0.455. The van der Waals surface area contributed by atoms with Gasteiger partial charge in [-0.3, -0.25) is 0 Å². The molecule has 0 amide bonds. The Morgan fingerprint density at radius 3 is 2.88 bits per heavy atom. The van der Waals surface area contributed by atoms with E-state index in [-0.39, 0.29) is 5.60 Å². The molecule has 86 valence electrons. The summed E-state index contributed by atoms with van der Waals surface area (Å²) in [7, 11) is 1.70. The number of rotatable bonds is 3. The maximum atomic E-state index is 5.39. The van der Waals surface area contributed by atoms with Crippen LogP contribution in [0, 0.1) is 0 Å². The highest BCUT2D eigenvalue weighted by Gasteiger charge is 2.19. The van der Waals surface area contributed by atoms with Gasteiger partial charge in [-0.25, -0.2) is 4.68 Å². The van der Waals surface area contributed by atoms with Crippen molar-refractivity contribution in [2.45, 2.75) is 26.0 Å². The molecule has 0 fully saturated rings. The lowest BCUT2D eigenvalue weighted by molar-refractivity contribution is 0.00601. The molecule has 0 saturated heterocycles. The standard InChI is InChI=1S/C11H14BrN3O/c1-11(2,16-3)7-15-10-5-4-8(12)6-9(10)13-14-15/h4-6H,7H2,1-3H3. The van der Waals surface area contributed by atoms with E-state index < -0.39 is 0 Å². The first-order chi connectivity index (χ1) is 7.52. The van der Waals surface area contributed by atoms with Crippen molar-refractivity contribution in [2.24, 2.45) is 0 Å². The molecule has 0 spiro atoms. The molecule has 16 heavy (non-hydrogen) atoms. The number of methoxy groups -OCH3 is 1. The topological polar surface area (TPSA) is 39.9 Å². The second kappa shape index (κ2) is 4.14. The van der Waals surface area contributed by atoms with Gasteiger partial charge in [-0.15, -0.1) is 5.10 Å². The van der Waals surface area contributed by atoms with Gasteiger partial charge in [0.05, 0.1) is 17.7 Å². The molecule has 0 aliphatic heterocycles. The molecule has 0 aliphatic rings. The normalized spacial score (nSPS) is 12.2. The molecule has 5 heteroatoms. The summed E-state index contributed by atoms with van der Waals surface area (Å²) in [5.41, 5.74) is 1.67. The smallest absolute Gasteiger partial charge is 0.114 e. The fourth-order valence-electron chi connectivity index (χ4n) is 1.49. The minimum atomic E-state index is -0.242. The number of nitrogens with zero attached hydrogens (tertiary/aromatic N) is 3. The number of ether oxygens (including phenoxy) is 1. The van der Waals surface area contributed by atoms with Crippen LogP contribution in [-0.2, 0) is 11.3 Å². The lowest BCUT2D eigenvalue weighted by Gasteiger charge is -2.22. The molecule has 0 unspecified atom stereocenters. The quantitative estimate of drug-likeness (QED) is 0.869. The molecule has 1 aromatic carbocycles. The van der Waals surface area contributed by atoms with E-state index in [1.165, 1.54) is 0 Å². The molecule has 1 aromatic heterocycles.